The number of methoxy groups -OCH3 is 1. The lowest BCUT2D eigenvalue weighted by Gasteiger charge is -2.27. The molecule has 21 heavy (non-hydrogen) atoms. The highest BCUT2D eigenvalue weighted by Gasteiger charge is 2.18. The van der Waals surface area contributed by atoms with Gasteiger partial charge in [0.1, 0.15) is 5.75 Å². The summed E-state index contributed by atoms with van der Waals surface area (Å²) in [5.74, 6) is 0.911. The Morgan fingerprint density at radius 1 is 1.19 bits per heavy atom. The maximum absolute atomic E-state index is 5.48. The summed E-state index contributed by atoms with van der Waals surface area (Å²) in [6.45, 7) is 4.63. The third kappa shape index (κ3) is 3.84. The van der Waals surface area contributed by atoms with Gasteiger partial charge in [0.05, 0.1) is 20.3 Å². The molecular weight excluding hydrogens is 266 g/mol. The van der Waals surface area contributed by atoms with Crippen LogP contribution >= 0.6 is 0 Å². The van der Waals surface area contributed by atoms with E-state index in [1.54, 1.807) is 7.11 Å². The Morgan fingerprint density at radius 3 is 2.57 bits per heavy atom. The second-order valence-electron chi connectivity index (χ2n) is 5.47. The summed E-state index contributed by atoms with van der Waals surface area (Å²) in [4.78, 5) is 2.46. The first-order valence-electron chi connectivity index (χ1n) is 7.64. The summed E-state index contributed by atoms with van der Waals surface area (Å²) in [6.07, 6.45) is 4.41. The summed E-state index contributed by atoms with van der Waals surface area (Å²) in [5.41, 5.74) is 2.74. The molecule has 1 aromatic carbocycles. The van der Waals surface area contributed by atoms with Gasteiger partial charge in [-0.15, -0.1) is 0 Å². The SMILES string of the molecule is COc1ccc(C2=CCN(CCC3OCCO3)CC2)cc1. The van der Waals surface area contributed by atoms with Crippen LogP contribution in [0.1, 0.15) is 18.4 Å². The van der Waals surface area contributed by atoms with Crippen LogP contribution in [0.4, 0.5) is 0 Å². The van der Waals surface area contributed by atoms with E-state index in [2.05, 4.69) is 23.1 Å². The van der Waals surface area contributed by atoms with Gasteiger partial charge in [0.2, 0.25) is 0 Å². The van der Waals surface area contributed by atoms with Gasteiger partial charge in [-0.05, 0) is 29.7 Å². The Bertz CT molecular complexity index is 477. The molecule has 0 saturated carbocycles. The zero-order chi connectivity index (χ0) is 14.5. The highest BCUT2D eigenvalue weighted by atomic mass is 16.7. The summed E-state index contributed by atoms with van der Waals surface area (Å²) < 4.78 is 16.2. The maximum atomic E-state index is 5.48. The van der Waals surface area contributed by atoms with Crippen molar-refractivity contribution in [3.05, 3.63) is 35.9 Å². The quantitative estimate of drug-likeness (QED) is 0.833. The highest BCUT2D eigenvalue weighted by Crippen LogP contribution is 2.24. The van der Waals surface area contributed by atoms with Crippen molar-refractivity contribution < 1.29 is 14.2 Å². The Hall–Kier alpha value is -1.36. The van der Waals surface area contributed by atoms with E-state index in [1.807, 2.05) is 12.1 Å². The molecule has 1 saturated heterocycles. The van der Waals surface area contributed by atoms with Crippen molar-refractivity contribution in [2.24, 2.45) is 0 Å². The molecule has 0 bridgehead atoms. The number of ether oxygens (including phenoxy) is 3. The second-order valence-corrected chi connectivity index (χ2v) is 5.47. The normalized spacial score (nSPS) is 20.5. The van der Waals surface area contributed by atoms with Gasteiger partial charge in [-0.3, -0.25) is 4.90 Å². The van der Waals surface area contributed by atoms with Gasteiger partial charge in [-0.2, -0.15) is 0 Å². The average Bonchev–Trinajstić information content (AvgIpc) is 3.07. The summed E-state index contributed by atoms with van der Waals surface area (Å²) >= 11 is 0. The van der Waals surface area contributed by atoms with E-state index in [0.29, 0.717) is 0 Å². The summed E-state index contributed by atoms with van der Waals surface area (Å²) in [7, 11) is 1.70. The van der Waals surface area contributed by atoms with Crippen LogP contribution in [0, 0.1) is 0 Å². The van der Waals surface area contributed by atoms with E-state index < -0.39 is 0 Å². The average molecular weight is 289 g/mol. The van der Waals surface area contributed by atoms with E-state index in [1.165, 1.54) is 11.1 Å². The molecule has 0 atom stereocenters. The second kappa shape index (κ2) is 7.07. The molecule has 4 nitrogen and oxygen atoms in total. The Morgan fingerprint density at radius 2 is 1.95 bits per heavy atom. The van der Waals surface area contributed by atoms with Gasteiger partial charge in [-0.25, -0.2) is 0 Å². The van der Waals surface area contributed by atoms with Crippen LogP contribution in [-0.2, 0) is 9.47 Å². The Kier molecular flexibility index (Phi) is 4.91. The molecule has 2 heterocycles. The van der Waals surface area contributed by atoms with Crippen molar-refractivity contribution in [1.29, 1.82) is 0 Å². The van der Waals surface area contributed by atoms with Crippen LogP contribution in [-0.4, -0.2) is 51.1 Å². The van der Waals surface area contributed by atoms with Crippen LogP contribution in [0.3, 0.4) is 0 Å². The molecule has 0 unspecified atom stereocenters. The third-order valence-electron chi connectivity index (χ3n) is 4.13. The Labute approximate surface area is 126 Å². The van der Waals surface area contributed by atoms with Crippen molar-refractivity contribution in [2.75, 3.05) is 40.0 Å². The summed E-state index contributed by atoms with van der Waals surface area (Å²) in [6, 6.07) is 8.33. The molecule has 3 rings (SSSR count). The topological polar surface area (TPSA) is 30.9 Å². The fraction of sp³-hybridized carbons (Fsp3) is 0.529. The van der Waals surface area contributed by atoms with Crippen LogP contribution in [0.5, 0.6) is 5.75 Å². The zero-order valence-electron chi connectivity index (χ0n) is 12.6. The molecule has 0 N–H and O–H groups in total. The molecule has 1 fully saturated rings. The smallest absolute Gasteiger partial charge is 0.159 e. The molecule has 2 aliphatic heterocycles. The van der Waals surface area contributed by atoms with Crippen molar-refractivity contribution >= 4 is 5.57 Å². The number of hydrogen-bond acceptors (Lipinski definition) is 4. The van der Waals surface area contributed by atoms with Gasteiger partial charge in [0, 0.05) is 26.1 Å². The molecule has 0 aliphatic carbocycles. The first kappa shape index (κ1) is 14.6. The predicted octanol–water partition coefficient (Wildman–Crippen LogP) is 2.55. The minimum absolute atomic E-state index is 0.0111. The van der Waals surface area contributed by atoms with Gasteiger partial charge in [-0.1, -0.05) is 18.2 Å². The van der Waals surface area contributed by atoms with Gasteiger partial charge in [0.15, 0.2) is 6.29 Å². The van der Waals surface area contributed by atoms with Crippen molar-refractivity contribution in [2.45, 2.75) is 19.1 Å². The van der Waals surface area contributed by atoms with Crippen LogP contribution in [0.15, 0.2) is 30.3 Å². The maximum Gasteiger partial charge on any atom is 0.159 e. The Balaban J connectivity index is 1.50. The molecule has 0 amide bonds. The minimum atomic E-state index is 0.0111. The fourth-order valence-corrected chi connectivity index (χ4v) is 2.84. The molecule has 1 aromatic rings. The number of nitrogens with zero attached hydrogens (tertiary/aromatic N) is 1. The molecule has 0 radical (unpaired) electrons. The number of benzene rings is 1. The molecule has 4 heteroatoms. The van der Waals surface area contributed by atoms with Crippen molar-refractivity contribution in [1.82, 2.24) is 4.90 Å². The molecular formula is C17H23NO3. The van der Waals surface area contributed by atoms with Crippen LogP contribution in [0.2, 0.25) is 0 Å². The molecule has 114 valence electrons. The molecule has 0 spiro atoms. The standard InChI is InChI=1S/C17H23NO3/c1-19-16-4-2-14(3-5-16)15-6-9-18(10-7-15)11-8-17-20-12-13-21-17/h2-6,17H,7-13H2,1H3. The lowest BCUT2D eigenvalue weighted by molar-refractivity contribution is -0.0511. The lowest BCUT2D eigenvalue weighted by atomic mass is 9.99. The van der Waals surface area contributed by atoms with E-state index in [9.17, 15) is 0 Å². The van der Waals surface area contributed by atoms with E-state index in [-0.39, 0.29) is 6.29 Å². The lowest BCUT2D eigenvalue weighted by Crippen LogP contribution is -2.31. The summed E-state index contributed by atoms with van der Waals surface area (Å²) in [5, 5.41) is 0. The van der Waals surface area contributed by atoms with Gasteiger partial charge >= 0.3 is 0 Å². The van der Waals surface area contributed by atoms with E-state index >= 15 is 0 Å². The highest BCUT2D eigenvalue weighted by molar-refractivity contribution is 5.67. The minimum Gasteiger partial charge on any atom is -0.497 e. The number of rotatable bonds is 5. The molecule has 2 aliphatic rings. The predicted molar refractivity (Wildman–Crippen MR) is 82.3 cm³/mol. The van der Waals surface area contributed by atoms with E-state index in [4.69, 9.17) is 14.2 Å². The monoisotopic (exact) mass is 289 g/mol. The van der Waals surface area contributed by atoms with Crippen molar-refractivity contribution in [3.8, 4) is 5.75 Å². The first-order chi connectivity index (χ1) is 10.3. The largest absolute Gasteiger partial charge is 0.497 e. The van der Waals surface area contributed by atoms with E-state index in [0.717, 1.165) is 51.4 Å². The van der Waals surface area contributed by atoms with Crippen LogP contribution < -0.4 is 4.74 Å². The first-order valence-corrected chi connectivity index (χ1v) is 7.64. The van der Waals surface area contributed by atoms with Crippen LogP contribution in [0.25, 0.3) is 5.57 Å². The third-order valence-corrected chi connectivity index (χ3v) is 4.13. The van der Waals surface area contributed by atoms with Gasteiger partial charge < -0.3 is 14.2 Å². The zero-order valence-corrected chi connectivity index (χ0v) is 12.6. The molecule has 0 aromatic heterocycles. The van der Waals surface area contributed by atoms with Gasteiger partial charge in [0.25, 0.3) is 0 Å². The number of hydrogen-bond donors (Lipinski definition) is 0. The van der Waals surface area contributed by atoms with Crippen molar-refractivity contribution in [3.63, 3.8) is 0 Å². The fourth-order valence-electron chi connectivity index (χ4n) is 2.84.